The van der Waals surface area contributed by atoms with Gasteiger partial charge in [-0.05, 0) is 47.5 Å². The third-order valence-corrected chi connectivity index (χ3v) is 4.85. The van der Waals surface area contributed by atoms with Crippen molar-refractivity contribution in [2.45, 2.75) is 13.5 Å². The van der Waals surface area contributed by atoms with Gasteiger partial charge in [0.15, 0.2) is 5.82 Å². The Kier molecular flexibility index (Phi) is 5.02. The molecule has 4 rings (SSSR count). The van der Waals surface area contributed by atoms with E-state index in [0.29, 0.717) is 5.82 Å². The average Bonchev–Trinajstić information content (AvgIpc) is 3.04. The molecule has 3 heterocycles. The van der Waals surface area contributed by atoms with Crippen LogP contribution in [0.15, 0.2) is 60.2 Å². The smallest absolute Gasteiger partial charge is 0.160 e. The highest BCUT2D eigenvalue weighted by Gasteiger charge is 2.05. The molecular weight excluding hydrogens is 332 g/mol. The summed E-state index contributed by atoms with van der Waals surface area (Å²) in [5.74, 6) is 1.56. The third-order valence-electron chi connectivity index (χ3n) is 3.84. The maximum Gasteiger partial charge on any atom is 0.160 e. The van der Waals surface area contributed by atoms with Crippen molar-refractivity contribution in [2.24, 2.45) is 0 Å². The van der Waals surface area contributed by atoms with E-state index in [1.807, 2.05) is 31.3 Å². The van der Waals surface area contributed by atoms with E-state index in [9.17, 15) is 0 Å². The van der Waals surface area contributed by atoms with E-state index >= 15 is 0 Å². The fourth-order valence-electron chi connectivity index (χ4n) is 2.57. The number of nitrogens with one attached hydrogen (secondary N) is 1. The zero-order valence-corrected chi connectivity index (χ0v) is 14.5. The van der Waals surface area contributed by atoms with Gasteiger partial charge in [-0.15, -0.1) is 11.3 Å². The molecule has 0 atom stereocenters. The minimum atomic E-state index is 0. The molecule has 3 N–H and O–H groups in total. The number of aryl methyl sites for hydroxylation is 1. The number of anilines is 1. The Morgan fingerprint density at radius 3 is 2.72 bits per heavy atom. The minimum absolute atomic E-state index is 0. The molecule has 0 fully saturated rings. The normalized spacial score (nSPS) is 10.4. The van der Waals surface area contributed by atoms with Gasteiger partial charge >= 0.3 is 0 Å². The van der Waals surface area contributed by atoms with Crippen molar-refractivity contribution in [2.75, 3.05) is 5.32 Å². The van der Waals surface area contributed by atoms with E-state index in [-0.39, 0.29) is 5.48 Å². The van der Waals surface area contributed by atoms with Crippen molar-refractivity contribution in [3.63, 3.8) is 0 Å². The summed E-state index contributed by atoms with van der Waals surface area (Å²) in [4.78, 5) is 13.2. The number of nitrogens with zero attached hydrogens (tertiary/aromatic N) is 3. The van der Waals surface area contributed by atoms with E-state index in [1.54, 1.807) is 17.5 Å². The van der Waals surface area contributed by atoms with Crippen LogP contribution < -0.4 is 5.32 Å². The second-order valence-electron chi connectivity index (χ2n) is 5.56. The van der Waals surface area contributed by atoms with Crippen LogP contribution in [-0.2, 0) is 6.54 Å². The Bertz CT molecular complexity index is 982. The predicted octanol–water partition coefficient (Wildman–Crippen LogP) is 3.85. The van der Waals surface area contributed by atoms with Gasteiger partial charge in [-0.3, -0.25) is 0 Å². The molecule has 0 radical (unpaired) electrons. The van der Waals surface area contributed by atoms with Gasteiger partial charge in [-0.1, -0.05) is 18.2 Å². The summed E-state index contributed by atoms with van der Waals surface area (Å²) >= 11 is 1.77. The van der Waals surface area contributed by atoms with E-state index in [0.717, 1.165) is 23.6 Å². The Balaban J connectivity index is 0.00000182. The monoisotopic (exact) mass is 350 g/mol. The van der Waals surface area contributed by atoms with Crippen molar-refractivity contribution in [1.82, 2.24) is 15.0 Å². The average molecular weight is 350 g/mol. The molecule has 1 aromatic carbocycles. The first-order chi connectivity index (χ1) is 11.8. The maximum absolute atomic E-state index is 4.48. The van der Waals surface area contributed by atoms with E-state index in [4.69, 9.17) is 0 Å². The molecule has 0 aliphatic heterocycles. The van der Waals surface area contributed by atoms with Crippen LogP contribution in [0.5, 0.6) is 0 Å². The largest absolute Gasteiger partial charge is 0.412 e. The number of aromatic nitrogens is 3. The summed E-state index contributed by atoms with van der Waals surface area (Å²) in [5.41, 5.74) is 3.17. The molecule has 0 bridgehead atoms. The van der Waals surface area contributed by atoms with Gasteiger partial charge in [0.25, 0.3) is 0 Å². The lowest BCUT2D eigenvalue weighted by atomic mass is 10.2. The summed E-state index contributed by atoms with van der Waals surface area (Å²) in [6, 6.07) is 14.3. The molecular formula is C19H18N4OS. The molecule has 0 aliphatic rings. The lowest BCUT2D eigenvalue weighted by Gasteiger charge is -2.06. The van der Waals surface area contributed by atoms with Gasteiger partial charge in [0.1, 0.15) is 5.82 Å². The highest BCUT2D eigenvalue weighted by Crippen LogP contribution is 2.26. The van der Waals surface area contributed by atoms with Crippen LogP contribution in [0.2, 0.25) is 0 Å². The summed E-state index contributed by atoms with van der Waals surface area (Å²) in [6.45, 7) is 2.72. The Morgan fingerprint density at radius 1 is 1.04 bits per heavy atom. The molecule has 0 spiro atoms. The van der Waals surface area contributed by atoms with Crippen LogP contribution in [0, 0.1) is 6.92 Å². The Hall–Kier alpha value is -2.83. The Labute approximate surface area is 149 Å². The van der Waals surface area contributed by atoms with Gasteiger partial charge < -0.3 is 10.8 Å². The zero-order valence-electron chi connectivity index (χ0n) is 13.7. The topological polar surface area (TPSA) is 82.2 Å². The van der Waals surface area contributed by atoms with Crippen LogP contribution in [0.3, 0.4) is 0 Å². The highest BCUT2D eigenvalue weighted by molar-refractivity contribution is 7.17. The van der Waals surface area contributed by atoms with Crippen molar-refractivity contribution in [3.05, 3.63) is 71.5 Å². The standard InChI is InChI=1S/C19H16N4S.H2O/c1-13-8-9-20-19(23-13)14-6-7-18(21-10-14)22-11-15-12-24-17-5-3-2-4-16(15)17;/h2-10,12H,11H2,1H3,(H,21,22);1H2. The number of fused-ring (bicyclic) bond motifs is 1. The lowest BCUT2D eigenvalue weighted by Crippen LogP contribution is -2.01. The number of hydrogen-bond acceptors (Lipinski definition) is 5. The summed E-state index contributed by atoms with van der Waals surface area (Å²) in [7, 11) is 0. The fourth-order valence-corrected chi connectivity index (χ4v) is 3.54. The molecule has 0 unspecified atom stereocenters. The fraction of sp³-hybridized carbons (Fsp3) is 0.105. The lowest BCUT2D eigenvalue weighted by molar-refractivity contribution is 0.824. The first-order valence-corrected chi connectivity index (χ1v) is 8.62. The Morgan fingerprint density at radius 2 is 1.92 bits per heavy atom. The number of thiophene rings is 1. The predicted molar refractivity (Wildman–Crippen MR) is 103 cm³/mol. The SMILES string of the molecule is Cc1ccnc(-c2ccc(NCc3csc4ccccc34)nc2)n1.O. The maximum atomic E-state index is 4.48. The van der Waals surface area contributed by atoms with Crippen LogP contribution in [-0.4, -0.2) is 20.4 Å². The summed E-state index contributed by atoms with van der Waals surface area (Å²) in [5, 5.41) is 6.89. The van der Waals surface area contributed by atoms with Crippen molar-refractivity contribution < 1.29 is 5.48 Å². The first-order valence-electron chi connectivity index (χ1n) is 7.75. The van der Waals surface area contributed by atoms with Gasteiger partial charge in [-0.2, -0.15) is 0 Å². The van der Waals surface area contributed by atoms with E-state index in [1.165, 1.54) is 15.6 Å². The van der Waals surface area contributed by atoms with Crippen molar-refractivity contribution in [1.29, 1.82) is 0 Å². The number of benzene rings is 1. The second kappa shape index (κ2) is 7.38. The molecule has 3 aromatic heterocycles. The molecule has 0 aliphatic carbocycles. The second-order valence-corrected chi connectivity index (χ2v) is 6.48. The third kappa shape index (κ3) is 3.65. The molecule has 126 valence electrons. The number of rotatable bonds is 4. The van der Waals surface area contributed by atoms with Crippen molar-refractivity contribution in [3.8, 4) is 11.4 Å². The highest BCUT2D eigenvalue weighted by atomic mass is 32.1. The van der Waals surface area contributed by atoms with Crippen LogP contribution in [0.1, 0.15) is 11.3 Å². The van der Waals surface area contributed by atoms with Crippen LogP contribution in [0.4, 0.5) is 5.82 Å². The molecule has 0 saturated carbocycles. The summed E-state index contributed by atoms with van der Waals surface area (Å²) < 4.78 is 1.31. The van der Waals surface area contributed by atoms with Crippen LogP contribution >= 0.6 is 11.3 Å². The summed E-state index contributed by atoms with van der Waals surface area (Å²) in [6.07, 6.45) is 3.58. The van der Waals surface area contributed by atoms with Gasteiger partial charge in [0.2, 0.25) is 0 Å². The molecule has 0 saturated heterocycles. The van der Waals surface area contributed by atoms with Gasteiger partial charge in [0, 0.05) is 34.9 Å². The van der Waals surface area contributed by atoms with Gasteiger partial charge in [-0.25, -0.2) is 15.0 Å². The molecule has 6 heteroatoms. The molecule has 5 nitrogen and oxygen atoms in total. The van der Waals surface area contributed by atoms with Gasteiger partial charge in [0.05, 0.1) is 0 Å². The first kappa shape index (κ1) is 17.0. The zero-order chi connectivity index (χ0) is 16.4. The van der Waals surface area contributed by atoms with Crippen molar-refractivity contribution >= 4 is 27.2 Å². The number of hydrogen-bond donors (Lipinski definition) is 1. The molecule has 25 heavy (non-hydrogen) atoms. The van der Waals surface area contributed by atoms with E-state index in [2.05, 4.69) is 49.9 Å². The molecule has 0 amide bonds. The molecule has 4 aromatic rings. The number of pyridine rings is 1. The minimum Gasteiger partial charge on any atom is -0.412 e. The van der Waals surface area contributed by atoms with Crippen LogP contribution in [0.25, 0.3) is 21.5 Å². The van der Waals surface area contributed by atoms with E-state index < -0.39 is 0 Å². The quantitative estimate of drug-likeness (QED) is 0.606.